The van der Waals surface area contributed by atoms with E-state index in [0.717, 1.165) is 77.4 Å². The zero-order valence-electron chi connectivity index (χ0n) is 23.3. The Balaban J connectivity index is 1.13. The molecule has 1 aliphatic heterocycles. The van der Waals surface area contributed by atoms with Crippen LogP contribution in [0.2, 0.25) is 0 Å². The number of likely N-dealkylation sites (tertiary alicyclic amines) is 1. The second-order valence-electron chi connectivity index (χ2n) is 10.8. The third-order valence-electron chi connectivity index (χ3n) is 7.70. The lowest BCUT2D eigenvalue weighted by atomic mass is 9.86. The van der Waals surface area contributed by atoms with Crippen molar-refractivity contribution < 1.29 is 14.3 Å². The maximum absolute atomic E-state index is 13.3. The summed E-state index contributed by atoms with van der Waals surface area (Å²) in [6.45, 7) is 4.78. The van der Waals surface area contributed by atoms with Crippen LogP contribution >= 0.6 is 0 Å². The van der Waals surface area contributed by atoms with Gasteiger partial charge >= 0.3 is 0 Å². The summed E-state index contributed by atoms with van der Waals surface area (Å²) in [5.74, 6) is 1.71. The van der Waals surface area contributed by atoms with Crippen molar-refractivity contribution in [3.05, 3.63) is 94.6 Å². The minimum absolute atomic E-state index is 0.0974. The number of nitrogens with zero attached hydrogens (tertiary/aromatic N) is 2. The first kappa shape index (κ1) is 27.0. The molecule has 0 saturated carbocycles. The Kier molecular flexibility index (Phi) is 9.00. The van der Waals surface area contributed by atoms with Crippen molar-refractivity contribution in [2.24, 2.45) is 0 Å². The Morgan fingerprint density at radius 1 is 0.846 bits per heavy atom. The monoisotopic (exact) mass is 524 g/mol. The molecular weight excluding hydrogens is 484 g/mol. The molecule has 39 heavy (non-hydrogen) atoms. The molecule has 3 aromatic rings. The van der Waals surface area contributed by atoms with Crippen LogP contribution in [0.15, 0.2) is 72.3 Å². The number of hydrogen-bond acceptors (Lipinski definition) is 5. The average molecular weight is 525 g/mol. The fourth-order valence-electron chi connectivity index (χ4n) is 5.35. The molecular formula is C34H40N2O3. The number of rotatable bonds is 10. The van der Waals surface area contributed by atoms with Crippen LogP contribution in [0.3, 0.4) is 0 Å². The van der Waals surface area contributed by atoms with Crippen LogP contribution in [0.25, 0.3) is 6.08 Å². The summed E-state index contributed by atoms with van der Waals surface area (Å²) in [5.41, 5.74) is 5.96. The molecule has 0 N–H and O–H groups in total. The number of allylic oxidation sites excluding steroid dienone is 1. The van der Waals surface area contributed by atoms with Gasteiger partial charge in [-0.2, -0.15) is 0 Å². The highest BCUT2D eigenvalue weighted by atomic mass is 16.5. The van der Waals surface area contributed by atoms with Gasteiger partial charge in [-0.15, -0.1) is 0 Å². The number of ketones is 1. The predicted molar refractivity (Wildman–Crippen MR) is 159 cm³/mol. The van der Waals surface area contributed by atoms with Crippen LogP contribution in [0.5, 0.6) is 11.5 Å². The van der Waals surface area contributed by atoms with E-state index in [1.165, 1.54) is 32.4 Å². The number of Topliss-reactive ketones (excluding diaryl/α,β-unsaturated/α-hetero) is 1. The topological polar surface area (TPSA) is 42.0 Å². The Hall–Kier alpha value is -3.57. The van der Waals surface area contributed by atoms with Gasteiger partial charge in [-0.25, -0.2) is 0 Å². The molecule has 2 aliphatic rings. The molecule has 0 bridgehead atoms. The standard InChI is InChI=1S/C34H40N2O3/c1-35(2)30-14-7-26(8-15-30)23-29-12-11-28-13-18-32(24-33(28)34(29)37)39-25-27-9-16-31(17-10-27)38-22-6-21-36-19-4-3-5-20-36/h7-10,13-18,23-24H,3-6,11-12,19-22,25H2,1-2H3/b29-23+. The first-order valence-corrected chi connectivity index (χ1v) is 14.3. The van der Waals surface area contributed by atoms with Crippen molar-refractivity contribution in [3.8, 4) is 11.5 Å². The highest BCUT2D eigenvalue weighted by molar-refractivity contribution is 6.13. The van der Waals surface area contributed by atoms with E-state index in [9.17, 15) is 4.79 Å². The third kappa shape index (κ3) is 7.30. The first-order chi connectivity index (χ1) is 19.0. The van der Waals surface area contributed by atoms with Gasteiger partial charge in [-0.1, -0.05) is 36.8 Å². The number of piperidine rings is 1. The second kappa shape index (κ2) is 13.0. The van der Waals surface area contributed by atoms with Gasteiger partial charge in [0.25, 0.3) is 0 Å². The molecule has 0 aromatic heterocycles. The molecule has 1 aliphatic carbocycles. The van der Waals surface area contributed by atoms with Crippen molar-refractivity contribution in [1.82, 2.24) is 4.90 Å². The average Bonchev–Trinajstić information content (AvgIpc) is 2.97. The van der Waals surface area contributed by atoms with E-state index in [1.807, 2.05) is 62.6 Å². The van der Waals surface area contributed by atoms with Gasteiger partial charge in [0.15, 0.2) is 5.78 Å². The highest BCUT2D eigenvalue weighted by Crippen LogP contribution is 2.30. The third-order valence-corrected chi connectivity index (χ3v) is 7.70. The lowest BCUT2D eigenvalue weighted by Gasteiger charge is -2.26. The van der Waals surface area contributed by atoms with E-state index in [-0.39, 0.29) is 5.78 Å². The van der Waals surface area contributed by atoms with Crippen LogP contribution in [-0.2, 0) is 13.0 Å². The maximum atomic E-state index is 13.3. The Morgan fingerprint density at radius 3 is 2.33 bits per heavy atom. The molecule has 3 aromatic carbocycles. The van der Waals surface area contributed by atoms with E-state index in [0.29, 0.717) is 6.61 Å². The number of anilines is 1. The van der Waals surface area contributed by atoms with Crippen molar-refractivity contribution in [3.63, 3.8) is 0 Å². The molecule has 0 spiro atoms. The zero-order valence-corrected chi connectivity index (χ0v) is 23.3. The largest absolute Gasteiger partial charge is 0.494 e. The minimum Gasteiger partial charge on any atom is -0.494 e. The van der Waals surface area contributed by atoms with Gasteiger partial charge < -0.3 is 19.3 Å². The van der Waals surface area contributed by atoms with Crippen LogP contribution in [0.1, 0.15) is 59.2 Å². The van der Waals surface area contributed by atoms with Gasteiger partial charge in [0.05, 0.1) is 6.61 Å². The fraction of sp³-hybridized carbons (Fsp3) is 0.382. The van der Waals surface area contributed by atoms with E-state index in [4.69, 9.17) is 9.47 Å². The van der Waals surface area contributed by atoms with Crippen LogP contribution in [-0.4, -0.2) is 51.0 Å². The number of carbonyl (C=O) groups is 1. The van der Waals surface area contributed by atoms with Crippen LogP contribution in [0.4, 0.5) is 5.69 Å². The zero-order chi connectivity index (χ0) is 27.0. The summed E-state index contributed by atoms with van der Waals surface area (Å²) >= 11 is 0. The van der Waals surface area contributed by atoms with Gasteiger partial charge in [0, 0.05) is 37.5 Å². The number of fused-ring (bicyclic) bond motifs is 1. The number of ether oxygens (including phenoxy) is 2. The summed E-state index contributed by atoms with van der Waals surface area (Å²) < 4.78 is 12.0. The Labute approximate surface area is 233 Å². The second-order valence-corrected chi connectivity index (χ2v) is 10.8. The van der Waals surface area contributed by atoms with Gasteiger partial charge in [-0.3, -0.25) is 4.79 Å². The Bertz CT molecular complexity index is 1270. The smallest absolute Gasteiger partial charge is 0.189 e. The van der Waals surface area contributed by atoms with Crippen molar-refractivity contribution in [2.45, 2.75) is 45.1 Å². The molecule has 0 unspecified atom stereocenters. The van der Waals surface area contributed by atoms with E-state index in [2.05, 4.69) is 34.1 Å². The number of aryl methyl sites for hydroxylation is 1. The summed E-state index contributed by atoms with van der Waals surface area (Å²) in [6.07, 6.45) is 8.74. The number of benzene rings is 3. The summed E-state index contributed by atoms with van der Waals surface area (Å²) in [5, 5.41) is 0. The van der Waals surface area contributed by atoms with Crippen molar-refractivity contribution in [1.29, 1.82) is 0 Å². The molecule has 5 rings (SSSR count). The fourth-order valence-corrected chi connectivity index (χ4v) is 5.35. The molecule has 0 radical (unpaired) electrons. The quantitative estimate of drug-likeness (QED) is 0.216. The molecule has 204 valence electrons. The molecule has 1 heterocycles. The lowest BCUT2D eigenvalue weighted by molar-refractivity contribution is 0.102. The van der Waals surface area contributed by atoms with E-state index in [1.54, 1.807) is 0 Å². The van der Waals surface area contributed by atoms with E-state index >= 15 is 0 Å². The molecule has 1 saturated heterocycles. The number of carbonyl (C=O) groups excluding carboxylic acids is 1. The number of hydrogen-bond donors (Lipinski definition) is 0. The highest BCUT2D eigenvalue weighted by Gasteiger charge is 2.22. The molecule has 0 atom stereocenters. The van der Waals surface area contributed by atoms with Crippen molar-refractivity contribution in [2.75, 3.05) is 45.2 Å². The van der Waals surface area contributed by atoms with E-state index < -0.39 is 0 Å². The van der Waals surface area contributed by atoms with Crippen LogP contribution in [0, 0.1) is 0 Å². The van der Waals surface area contributed by atoms with Crippen LogP contribution < -0.4 is 14.4 Å². The Morgan fingerprint density at radius 2 is 1.59 bits per heavy atom. The predicted octanol–water partition coefficient (Wildman–Crippen LogP) is 6.80. The van der Waals surface area contributed by atoms with Gasteiger partial charge in [0.2, 0.25) is 0 Å². The molecule has 5 nitrogen and oxygen atoms in total. The van der Waals surface area contributed by atoms with Gasteiger partial charge in [0.1, 0.15) is 18.1 Å². The normalized spacial score (nSPS) is 16.7. The maximum Gasteiger partial charge on any atom is 0.189 e. The minimum atomic E-state index is 0.0974. The molecule has 0 amide bonds. The molecule has 5 heteroatoms. The summed E-state index contributed by atoms with van der Waals surface area (Å²) in [6, 6.07) is 22.3. The summed E-state index contributed by atoms with van der Waals surface area (Å²) in [7, 11) is 4.05. The van der Waals surface area contributed by atoms with Gasteiger partial charge in [-0.05, 0) is 104 Å². The first-order valence-electron chi connectivity index (χ1n) is 14.3. The summed E-state index contributed by atoms with van der Waals surface area (Å²) in [4.78, 5) is 17.9. The van der Waals surface area contributed by atoms with Crippen molar-refractivity contribution >= 4 is 17.5 Å². The SMILES string of the molecule is CN(C)c1ccc(/C=C2\CCc3ccc(OCc4ccc(OCCCN5CCCCC5)cc4)cc3C2=O)cc1. The lowest BCUT2D eigenvalue weighted by Crippen LogP contribution is -2.31. The molecule has 1 fully saturated rings.